The minimum absolute atomic E-state index is 0.0595. The van der Waals surface area contributed by atoms with Crippen molar-refractivity contribution >= 4 is 21.7 Å². The molecule has 0 aromatic rings. The number of piperazine rings is 1. The van der Waals surface area contributed by atoms with Crippen LogP contribution in [0.3, 0.4) is 0 Å². The number of nitrogens with one attached hydrogen (secondary N) is 1. The standard InChI is InChI=1S/C12H22N2O4S/c1-4-7-19(17,18)8-6-14-9-10(15)13-12(3,5-2)11(14)16/h4-9H2,1-3H3,(H,13,15). The van der Waals surface area contributed by atoms with Gasteiger partial charge in [-0.25, -0.2) is 8.42 Å². The van der Waals surface area contributed by atoms with Gasteiger partial charge < -0.3 is 10.2 Å². The number of nitrogens with zero attached hydrogens (tertiary/aromatic N) is 1. The lowest BCUT2D eigenvalue weighted by molar-refractivity contribution is -0.149. The predicted octanol–water partition coefficient (Wildman–Crippen LogP) is -0.0617. The summed E-state index contributed by atoms with van der Waals surface area (Å²) in [6.45, 7) is 5.31. The van der Waals surface area contributed by atoms with Crippen LogP contribution in [0.15, 0.2) is 0 Å². The summed E-state index contributed by atoms with van der Waals surface area (Å²) < 4.78 is 23.3. The van der Waals surface area contributed by atoms with E-state index in [0.717, 1.165) is 0 Å². The average molecular weight is 290 g/mol. The van der Waals surface area contributed by atoms with Crippen molar-refractivity contribution in [2.75, 3.05) is 24.6 Å². The van der Waals surface area contributed by atoms with E-state index in [1.54, 1.807) is 13.8 Å². The van der Waals surface area contributed by atoms with Gasteiger partial charge in [0.1, 0.15) is 5.54 Å². The minimum atomic E-state index is -3.14. The van der Waals surface area contributed by atoms with E-state index < -0.39 is 15.4 Å². The molecule has 1 N–H and O–H groups in total. The maximum absolute atomic E-state index is 12.2. The molecule has 6 nitrogen and oxygen atoms in total. The Bertz CT molecular complexity index is 460. The van der Waals surface area contributed by atoms with Crippen molar-refractivity contribution in [2.45, 2.75) is 39.2 Å². The van der Waals surface area contributed by atoms with Crippen LogP contribution in [-0.2, 0) is 19.4 Å². The summed E-state index contributed by atoms with van der Waals surface area (Å²) in [5, 5.41) is 2.66. The molecule has 0 aromatic carbocycles. The van der Waals surface area contributed by atoms with Crippen LogP contribution in [0.4, 0.5) is 0 Å². The predicted molar refractivity (Wildman–Crippen MR) is 72.4 cm³/mol. The molecule has 1 atom stereocenters. The highest BCUT2D eigenvalue weighted by Crippen LogP contribution is 2.17. The molecule has 7 heteroatoms. The van der Waals surface area contributed by atoms with Gasteiger partial charge in [-0.05, 0) is 19.8 Å². The SMILES string of the molecule is CCCS(=O)(=O)CCN1CC(=O)NC(C)(CC)C1=O. The van der Waals surface area contributed by atoms with E-state index in [9.17, 15) is 18.0 Å². The molecule has 0 spiro atoms. The fourth-order valence-electron chi connectivity index (χ4n) is 2.08. The summed E-state index contributed by atoms with van der Waals surface area (Å²) in [4.78, 5) is 25.1. The molecule has 1 saturated heterocycles. The average Bonchev–Trinajstić information content (AvgIpc) is 2.32. The third-order valence-electron chi connectivity index (χ3n) is 3.40. The zero-order chi connectivity index (χ0) is 14.7. The van der Waals surface area contributed by atoms with Crippen LogP contribution in [0.2, 0.25) is 0 Å². The zero-order valence-electron chi connectivity index (χ0n) is 11.7. The lowest BCUT2D eigenvalue weighted by Crippen LogP contribution is -2.65. The summed E-state index contributed by atoms with van der Waals surface area (Å²) >= 11 is 0. The first-order valence-corrected chi connectivity index (χ1v) is 8.37. The Labute approximate surface area is 114 Å². The second-order valence-electron chi connectivity index (χ2n) is 5.11. The first kappa shape index (κ1) is 15.9. The Kier molecular flexibility index (Phi) is 4.95. The molecule has 0 saturated carbocycles. The molecule has 0 aromatic heterocycles. The largest absolute Gasteiger partial charge is 0.340 e. The Hall–Kier alpha value is -1.11. The summed E-state index contributed by atoms with van der Waals surface area (Å²) in [6.07, 6.45) is 1.04. The van der Waals surface area contributed by atoms with E-state index in [1.807, 2.05) is 6.92 Å². The molecule has 1 aliphatic rings. The molecule has 1 fully saturated rings. The summed E-state index contributed by atoms with van der Waals surface area (Å²) in [5.41, 5.74) is -0.913. The van der Waals surface area contributed by atoms with Crippen LogP contribution in [0.1, 0.15) is 33.6 Å². The second-order valence-corrected chi connectivity index (χ2v) is 7.42. The van der Waals surface area contributed by atoms with E-state index in [0.29, 0.717) is 12.8 Å². The number of carbonyl (C=O) groups excluding carboxylic acids is 2. The van der Waals surface area contributed by atoms with Crippen LogP contribution in [0.5, 0.6) is 0 Å². The lowest BCUT2D eigenvalue weighted by atomic mass is 9.94. The van der Waals surface area contributed by atoms with Gasteiger partial charge in [-0.1, -0.05) is 13.8 Å². The molecule has 19 heavy (non-hydrogen) atoms. The molecule has 0 radical (unpaired) electrons. The Morgan fingerprint density at radius 1 is 1.26 bits per heavy atom. The van der Waals surface area contributed by atoms with Gasteiger partial charge in [-0.15, -0.1) is 0 Å². The Morgan fingerprint density at radius 2 is 1.89 bits per heavy atom. The second kappa shape index (κ2) is 5.90. The molecular formula is C12H22N2O4S. The van der Waals surface area contributed by atoms with E-state index in [-0.39, 0.29) is 36.4 Å². The highest BCUT2D eigenvalue weighted by atomic mass is 32.2. The van der Waals surface area contributed by atoms with Gasteiger partial charge in [0.15, 0.2) is 9.84 Å². The molecule has 0 aliphatic carbocycles. The molecule has 1 unspecified atom stereocenters. The van der Waals surface area contributed by atoms with Crippen molar-refractivity contribution in [1.29, 1.82) is 0 Å². The number of carbonyl (C=O) groups is 2. The first-order chi connectivity index (χ1) is 8.74. The molecular weight excluding hydrogens is 268 g/mol. The van der Waals surface area contributed by atoms with Crippen molar-refractivity contribution in [1.82, 2.24) is 10.2 Å². The van der Waals surface area contributed by atoms with Crippen molar-refractivity contribution in [3.8, 4) is 0 Å². The third kappa shape index (κ3) is 3.92. The van der Waals surface area contributed by atoms with Gasteiger partial charge in [0.25, 0.3) is 0 Å². The quantitative estimate of drug-likeness (QED) is 0.743. The first-order valence-electron chi connectivity index (χ1n) is 6.55. The molecule has 1 aliphatic heterocycles. The normalized spacial score (nSPS) is 24.5. The summed E-state index contributed by atoms with van der Waals surface area (Å²) in [7, 11) is -3.14. The fraction of sp³-hybridized carbons (Fsp3) is 0.833. The number of amides is 2. The van der Waals surface area contributed by atoms with Crippen molar-refractivity contribution in [2.24, 2.45) is 0 Å². The van der Waals surface area contributed by atoms with Gasteiger partial charge in [0.05, 0.1) is 12.3 Å². The summed E-state index contributed by atoms with van der Waals surface area (Å²) in [6, 6.07) is 0. The summed E-state index contributed by atoms with van der Waals surface area (Å²) in [5.74, 6) is -0.413. The maximum Gasteiger partial charge on any atom is 0.248 e. The van der Waals surface area contributed by atoms with E-state index in [2.05, 4.69) is 5.32 Å². The van der Waals surface area contributed by atoms with E-state index >= 15 is 0 Å². The number of hydrogen-bond acceptors (Lipinski definition) is 4. The van der Waals surface area contributed by atoms with Crippen molar-refractivity contribution in [3.05, 3.63) is 0 Å². The minimum Gasteiger partial charge on any atom is -0.340 e. The zero-order valence-corrected chi connectivity index (χ0v) is 12.5. The van der Waals surface area contributed by atoms with E-state index in [1.165, 1.54) is 4.90 Å². The van der Waals surface area contributed by atoms with Crippen LogP contribution in [0.25, 0.3) is 0 Å². The third-order valence-corrected chi connectivity index (χ3v) is 5.24. The molecule has 1 heterocycles. The highest BCUT2D eigenvalue weighted by molar-refractivity contribution is 7.91. The van der Waals surface area contributed by atoms with Crippen LogP contribution >= 0.6 is 0 Å². The smallest absolute Gasteiger partial charge is 0.248 e. The fourth-order valence-corrected chi connectivity index (χ4v) is 3.40. The lowest BCUT2D eigenvalue weighted by Gasteiger charge is -2.39. The maximum atomic E-state index is 12.2. The molecule has 2 amide bonds. The van der Waals surface area contributed by atoms with Gasteiger partial charge >= 0.3 is 0 Å². The van der Waals surface area contributed by atoms with Crippen LogP contribution < -0.4 is 5.32 Å². The number of rotatable bonds is 6. The Morgan fingerprint density at radius 3 is 2.42 bits per heavy atom. The van der Waals surface area contributed by atoms with Gasteiger partial charge in [0, 0.05) is 12.3 Å². The topological polar surface area (TPSA) is 83.6 Å². The van der Waals surface area contributed by atoms with Crippen LogP contribution in [0, 0.1) is 0 Å². The monoisotopic (exact) mass is 290 g/mol. The Balaban J connectivity index is 2.73. The number of hydrogen-bond donors (Lipinski definition) is 1. The van der Waals surface area contributed by atoms with Gasteiger partial charge in [-0.2, -0.15) is 0 Å². The van der Waals surface area contributed by atoms with Gasteiger partial charge in [0.2, 0.25) is 11.8 Å². The van der Waals surface area contributed by atoms with E-state index in [4.69, 9.17) is 0 Å². The highest BCUT2D eigenvalue weighted by Gasteiger charge is 2.41. The van der Waals surface area contributed by atoms with Crippen molar-refractivity contribution in [3.63, 3.8) is 0 Å². The number of sulfone groups is 1. The van der Waals surface area contributed by atoms with Gasteiger partial charge in [-0.3, -0.25) is 9.59 Å². The molecule has 110 valence electrons. The molecule has 0 bridgehead atoms. The van der Waals surface area contributed by atoms with Crippen molar-refractivity contribution < 1.29 is 18.0 Å². The van der Waals surface area contributed by atoms with Crippen LogP contribution in [-0.4, -0.2) is 55.3 Å². The molecule has 1 rings (SSSR count).